The number of aliphatic hydroxyl groups excluding tert-OH is 2. The molecule has 3 rings (SSSR count). The van der Waals surface area contributed by atoms with E-state index in [1.54, 1.807) is 12.1 Å². The topological polar surface area (TPSA) is 60.8 Å². The van der Waals surface area contributed by atoms with Crippen molar-refractivity contribution in [1.29, 1.82) is 0 Å². The van der Waals surface area contributed by atoms with Crippen molar-refractivity contribution < 1.29 is 15.0 Å². The first-order valence-corrected chi connectivity index (χ1v) is 6.46. The first-order valence-electron chi connectivity index (χ1n) is 6.46. The number of amides is 1. The van der Waals surface area contributed by atoms with Gasteiger partial charge in [-0.25, -0.2) is 0 Å². The van der Waals surface area contributed by atoms with E-state index in [-0.39, 0.29) is 18.1 Å². The van der Waals surface area contributed by atoms with Crippen molar-refractivity contribution in [3.63, 3.8) is 0 Å². The van der Waals surface area contributed by atoms with Crippen LogP contribution in [0.1, 0.15) is 47.8 Å². The fourth-order valence-corrected chi connectivity index (χ4v) is 3.07. The van der Waals surface area contributed by atoms with E-state index in [1.165, 1.54) is 4.90 Å². The number of rotatable bonds is 1. The standard InChI is InChI=1S/C14H17NO3/c16-10-5-3-4-9(8-10)15-13(17)11-6-1-2-7-12(11)14(15)18/h1-2,6-7,9-10,13,16-17H,3-5,8H2. The maximum atomic E-state index is 12.3. The van der Waals surface area contributed by atoms with Crippen LogP contribution in [0, 0.1) is 0 Å². The minimum atomic E-state index is -0.857. The third kappa shape index (κ3) is 1.72. The van der Waals surface area contributed by atoms with Gasteiger partial charge in [-0.1, -0.05) is 18.2 Å². The molecule has 0 aromatic heterocycles. The molecule has 1 amide bonds. The van der Waals surface area contributed by atoms with E-state index in [0.29, 0.717) is 17.5 Å². The molecule has 2 N–H and O–H groups in total. The van der Waals surface area contributed by atoms with Gasteiger partial charge < -0.3 is 15.1 Å². The van der Waals surface area contributed by atoms with Gasteiger partial charge in [0, 0.05) is 17.2 Å². The van der Waals surface area contributed by atoms with Gasteiger partial charge in [-0.15, -0.1) is 0 Å². The summed E-state index contributed by atoms with van der Waals surface area (Å²) in [7, 11) is 0. The van der Waals surface area contributed by atoms with Crippen molar-refractivity contribution in [1.82, 2.24) is 4.90 Å². The minimum absolute atomic E-state index is 0.0522. The Kier molecular flexibility index (Phi) is 2.84. The molecule has 2 aliphatic rings. The number of fused-ring (bicyclic) bond motifs is 1. The van der Waals surface area contributed by atoms with Gasteiger partial charge in [-0.3, -0.25) is 4.79 Å². The summed E-state index contributed by atoms with van der Waals surface area (Å²) in [5.74, 6) is -0.114. The Morgan fingerprint density at radius 2 is 1.94 bits per heavy atom. The molecular weight excluding hydrogens is 230 g/mol. The van der Waals surface area contributed by atoms with E-state index < -0.39 is 6.23 Å². The average Bonchev–Trinajstić information content (AvgIpc) is 2.63. The quantitative estimate of drug-likeness (QED) is 0.789. The minimum Gasteiger partial charge on any atom is -0.393 e. The maximum Gasteiger partial charge on any atom is 0.256 e. The van der Waals surface area contributed by atoms with Crippen LogP contribution in [0.5, 0.6) is 0 Å². The zero-order chi connectivity index (χ0) is 12.7. The zero-order valence-electron chi connectivity index (χ0n) is 10.1. The molecule has 4 nitrogen and oxygen atoms in total. The van der Waals surface area contributed by atoms with E-state index in [9.17, 15) is 15.0 Å². The Morgan fingerprint density at radius 1 is 1.17 bits per heavy atom. The van der Waals surface area contributed by atoms with Crippen molar-refractivity contribution in [2.75, 3.05) is 0 Å². The third-order valence-electron chi connectivity index (χ3n) is 3.98. The lowest BCUT2D eigenvalue weighted by molar-refractivity contribution is -0.0254. The summed E-state index contributed by atoms with van der Waals surface area (Å²) in [6, 6.07) is 7.12. The first kappa shape index (κ1) is 11.7. The molecule has 1 saturated carbocycles. The maximum absolute atomic E-state index is 12.3. The average molecular weight is 247 g/mol. The second kappa shape index (κ2) is 4.37. The van der Waals surface area contributed by atoms with Crippen LogP contribution < -0.4 is 0 Å². The van der Waals surface area contributed by atoms with Gasteiger partial charge in [-0.2, -0.15) is 0 Å². The lowest BCUT2D eigenvalue weighted by Crippen LogP contribution is -2.42. The Labute approximate surface area is 106 Å². The lowest BCUT2D eigenvalue weighted by atomic mass is 9.92. The summed E-state index contributed by atoms with van der Waals surface area (Å²) in [4.78, 5) is 13.8. The molecule has 4 heteroatoms. The van der Waals surface area contributed by atoms with Crippen LogP contribution in [0.25, 0.3) is 0 Å². The van der Waals surface area contributed by atoms with Crippen LogP contribution in [-0.4, -0.2) is 33.2 Å². The zero-order valence-corrected chi connectivity index (χ0v) is 10.1. The highest BCUT2D eigenvalue weighted by molar-refractivity contribution is 5.99. The second-order valence-electron chi connectivity index (χ2n) is 5.15. The Bertz CT molecular complexity index is 474. The summed E-state index contributed by atoms with van der Waals surface area (Å²) < 4.78 is 0. The van der Waals surface area contributed by atoms with Gasteiger partial charge in [0.05, 0.1) is 6.10 Å². The fraction of sp³-hybridized carbons (Fsp3) is 0.500. The molecule has 3 unspecified atom stereocenters. The number of carbonyl (C=O) groups is 1. The number of hydrogen-bond acceptors (Lipinski definition) is 3. The van der Waals surface area contributed by atoms with E-state index in [2.05, 4.69) is 0 Å². The van der Waals surface area contributed by atoms with Gasteiger partial charge in [-0.05, 0) is 31.7 Å². The van der Waals surface area contributed by atoms with Gasteiger partial charge in [0.2, 0.25) is 0 Å². The van der Waals surface area contributed by atoms with Gasteiger partial charge >= 0.3 is 0 Å². The van der Waals surface area contributed by atoms with Crippen molar-refractivity contribution in [3.05, 3.63) is 35.4 Å². The Balaban J connectivity index is 1.89. The molecule has 0 radical (unpaired) electrons. The number of aliphatic hydroxyl groups is 2. The van der Waals surface area contributed by atoms with Crippen molar-refractivity contribution in [3.8, 4) is 0 Å². The Morgan fingerprint density at radius 3 is 2.67 bits per heavy atom. The predicted molar refractivity (Wildman–Crippen MR) is 65.8 cm³/mol. The van der Waals surface area contributed by atoms with Crippen LogP contribution in [0.15, 0.2) is 24.3 Å². The summed E-state index contributed by atoms with van der Waals surface area (Å²) >= 11 is 0. The van der Waals surface area contributed by atoms with E-state index >= 15 is 0 Å². The molecule has 0 saturated heterocycles. The second-order valence-corrected chi connectivity index (χ2v) is 5.15. The summed E-state index contributed by atoms with van der Waals surface area (Å²) in [6.45, 7) is 0. The molecule has 18 heavy (non-hydrogen) atoms. The third-order valence-corrected chi connectivity index (χ3v) is 3.98. The normalized spacial score (nSPS) is 31.6. The monoisotopic (exact) mass is 247 g/mol. The number of benzene rings is 1. The van der Waals surface area contributed by atoms with Gasteiger partial charge in [0.25, 0.3) is 5.91 Å². The van der Waals surface area contributed by atoms with Gasteiger partial charge in [0.15, 0.2) is 6.23 Å². The largest absolute Gasteiger partial charge is 0.393 e. The SMILES string of the molecule is O=C1c2ccccc2C(O)N1C1CCCC(O)C1. The molecule has 3 atom stereocenters. The lowest BCUT2D eigenvalue weighted by Gasteiger charge is -2.35. The van der Waals surface area contributed by atoms with E-state index in [1.807, 2.05) is 12.1 Å². The highest BCUT2D eigenvalue weighted by Gasteiger charge is 2.40. The van der Waals surface area contributed by atoms with E-state index in [4.69, 9.17) is 0 Å². The van der Waals surface area contributed by atoms with Gasteiger partial charge in [0.1, 0.15) is 0 Å². The molecule has 1 aliphatic carbocycles. The van der Waals surface area contributed by atoms with E-state index in [0.717, 1.165) is 19.3 Å². The van der Waals surface area contributed by atoms with Crippen LogP contribution in [0.2, 0.25) is 0 Å². The number of carbonyl (C=O) groups excluding carboxylic acids is 1. The molecule has 1 heterocycles. The summed E-state index contributed by atoms with van der Waals surface area (Å²) in [5.41, 5.74) is 1.27. The molecule has 0 bridgehead atoms. The van der Waals surface area contributed by atoms with Crippen molar-refractivity contribution in [2.45, 2.75) is 44.1 Å². The Hall–Kier alpha value is -1.39. The van der Waals surface area contributed by atoms with Crippen LogP contribution in [0.4, 0.5) is 0 Å². The molecule has 1 aromatic rings. The number of hydrogen-bond donors (Lipinski definition) is 2. The van der Waals surface area contributed by atoms with Crippen LogP contribution >= 0.6 is 0 Å². The molecule has 96 valence electrons. The predicted octanol–water partition coefficient (Wildman–Crippen LogP) is 1.44. The fourth-order valence-electron chi connectivity index (χ4n) is 3.07. The number of nitrogens with zero attached hydrogens (tertiary/aromatic N) is 1. The smallest absolute Gasteiger partial charge is 0.256 e. The molecule has 1 fully saturated rings. The molecule has 1 aliphatic heterocycles. The molecule has 0 spiro atoms. The van der Waals surface area contributed by atoms with Crippen LogP contribution in [0.3, 0.4) is 0 Å². The summed E-state index contributed by atoms with van der Waals surface area (Å²) in [5, 5.41) is 20.0. The highest BCUT2D eigenvalue weighted by Crippen LogP contribution is 2.37. The highest BCUT2D eigenvalue weighted by atomic mass is 16.3. The van der Waals surface area contributed by atoms with Crippen LogP contribution in [-0.2, 0) is 0 Å². The molecule has 1 aromatic carbocycles. The summed E-state index contributed by atoms with van der Waals surface area (Å²) in [6.07, 6.45) is 1.90. The van der Waals surface area contributed by atoms with Crippen molar-refractivity contribution >= 4 is 5.91 Å². The molecular formula is C14H17NO3. The van der Waals surface area contributed by atoms with Crippen molar-refractivity contribution in [2.24, 2.45) is 0 Å². The first-order chi connectivity index (χ1) is 8.68.